The summed E-state index contributed by atoms with van der Waals surface area (Å²) in [6, 6.07) is 14.8. The lowest BCUT2D eigenvalue weighted by molar-refractivity contribution is -0.142. The summed E-state index contributed by atoms with van der Waals surface area (Å²) in [7, 11) is 0. The van der Waals surface area contributed by atoms with Crippen molar-refractivity contribution in [2.24, 2.45) is 10.8 Å². The molecule has 3 aliphatic carbocycles. The first-order chi connectivity index (χ1) is 22.8. The normalized spacial score (nSPS) is 23.1. The summed E-state index contributed by atoms with van der Waals surface area (Å²) >= 11 is 0. The number of hydrogen-bond donors (Lipinski definition) is 2. The Morgan fingerprint density at radius 3 is 1.75 bits per heavy atom. The van der Waals surface area contributed by atoms with Crippen LogP contribution in [0.1, 0.15) is 89.2 Å². The van der Waals surface area contributed by atoms with E-state index in [2.05, 4.69) is 36.4 Å². The fourth-order valence-electron chi connectivity index (χ4n) is 8.47. The molecule has 0 aromatic heterocycles. The second kappa shape index (κ2) is 12.9. The lowest BCUT2D eigenvalue weighted by Crippen LogP contribution is -2.43. The molecule has 3 fully saturated rings. The largest absolute Gasteiger partial charge is 0.480 e. The molecule has 10 heteroatoms. The maximum atomic E-state index is 12.9. The number of carboxylic acids is 2. The number of ether oxygens (including phenoxy) is 2. The fraction of sp³-hybridized carbons (Fsp3) is 0.526. The van der Waals surface area contributed by atoms with Gasteiger partial charge >= 0.3 is 24.1 Å². The Hall–Kier alpha value is -4.34. The van der Waals surface area contributed by atoms with Crippen LogP contribution >= 0.6 is 0 Å². The molecule has 48 heavy (non-hydrogen) atoms. The highest BCUT2D eigenvalue weighted by molar-refractivity contribution is 5.82. The quantitative estimate of drug-likeness (QED) is 0.333. The number of likely N-dealkylation sites (tertiary alicyclic amines) is 2. The van der Waals surface area contributed by atoms with Crippen LogP contribution in [0, 0.1) is 10.8 Å². The van der Waals surface area contributed by atoms with E-state index in [-0.39, 0.29) is 23.4 Å². The molecule has 0 unspecified atom stereocenters. The topological polar surface area (TPSA) is 134 Å². The van der Waals surface area contributed by atoms with Crippen molar-refractivity contribution in [3.63, 3.8) is 0 Å². The molecular formula is C38H46N2O8. The van der Waals surface area contributed by atoms with Gasteiger partial charge in [-0.05, 0) is 92.4 Å². The van der Waals surface area contributed by atoms with Crippen molar-refractivity contribution in [1.82, 2.24) is 9.80 Å². The number of aliphatic carboxylic acids is 2. The van der Waals surface area contributed by atoms with Crippen LogP contribution in [0.5, 0.6) is 0 Å². The molecule has 7 rings (SSSR count). The first-order valence-corrected chi connectivity index (χ1v) is 17.0. The molecule has 2 heterocycles. The Morgan fingerprint density at radius 2 is 1.23 bits per heavy atom. The third-order valence-electron chi connectivity index (χ3n) is 10.7. The van der Waals surface area contributed by atoms with Crippen LogP contribution in [0.25, 0.3) is 11.1 Å². The van der Waals surface area contributed by atoms with Crippen LogP contribution < -0.4 is 0 Å². The first kappa shape index (κ1) is 33.6. The van der Waals surface area contributed by atoms with Gasteiger partial charge in [0.05, 0.1) is 0 Å². The maximum Gasteiger partial charge on any atom is 0.411 e. The standard InChI is InChI=1S/C24H23NO4.C14H23NO4/c26-22(27)21-13-24(11-5-6-12-24)15-25(21)23(28)29-14-20-18-9-3-1-7-16(18)17-8-2-4-10-19(17)20;1-13(2,3)19-12(18)15-9-14(6-4-5-7-14)8-10(15)11(16)17/h1-10,20-21H,11-15H2,(H,26,27);10H,4-9H2,1-3H3,(H,16,17)/t21-;10-/m00/s1. The number of carbonyl (C=O) groups is 4. The summed E-state index contributed by atoms with van der Waals surface area (Å²) in [6.45, 7) is 6.56. The van der Waals surface area contributed by atoms with Crippen molar-refractivity contribution in [1.29, 1.82) is 0 Å². The van der Waals surface area contributed by atoms with E-state index in [0.717, 1.165) is 49.7 Å². The molecule has 2 aromatic rings. The van der Waals surface area contributed by atoms with Crippen molar-refractivity contribution in [2.75, 3.05) is 19.7 Å². The lowest BCUT2D eigenvalue weighted by atomic mass is 9.83. The van der Waals surface area contributed by atoms with Gasteiger partial charge in [-0.25, -0.2) is 19.2 Å². The molecule has 2 amide bonds. The van der Waals surface area contributed by atoms with E-state index < -0.39 is 41.8 Å². The van der Waals surface area contributed by atoms with Gasteiger partial charge in [-0.15, -0.1) is 0 Å². The minimum Gasteiger partial charge on any atom is -0.480 e. The minimum absolute atomic E-state index is 0.0139. The Morgan fingerprint density at radius 1 is 0.750 bits per heavy atom. The lowest BCUT2D eigenvalue weighted by Gasteiger charge is -2.27. The number of allylic oxidation sites excluding steroid dienone is 2. The molecule has 2 atom stereocenters. The number of amides is 2. The van der Waals surface area contributed by atoms with E-state index in [4.69, 9.17) is 9.47 Å². The highest BCUT2D eigenvalue weighted by atomic mass is 16.6. The highest BCUT2D eigenvalue weighted by Gasteiger charge is 2.51. The molecular weight excluding hydrogens is 612 g/mol. The van der Waals surface area contributed by atoms with Gasteiger partial charge in [0.2, 0.25) is 0 Å². The number of carboxylic acid groups (broad SMARTS) is 2. The molecule has 10 nitrogen and oxygen atoms in total. The number of fused-ring (bicyclic) bond motifs is 3. The van der Waals surface area contributed by atoms with Crippen LogP contribution in [-0.4, -0.2) is 81.5 Å². The fourth-order valence-corrected chi connectivity index (χ4v) is 8.47. The molecule has 2 saturated heterocycles. The van der Waals surface area contributed by atoms with Crippen molar-refractivity contribution >= 4 is 24.1 Å². The van der Waals surface area contributed by atoms with Gasteiger partial charge in [0.1, 0.15) is 24.3 Å². The average Bonchev–Trinajstić information content (AvgIpc) is 3.88. The van der Waals surface area contributed by atoms with Gasteiger partial charge < -0.3 is 19.7 Å². The number of hydrogen-bond acceptors (Lipinski definition) is 6. The summed E-state index contributed by atoms with van der Waals surface area (Å²) in [5, 5.41) is 19.0. The Labute approximate surface area is 281 Å². The van der Waals surface area contributed by atoms with Crippen LogP contribution in [0.4, 0.5) is 9.59 Å². The molecule has 0 bridgehead atoms. The van der Waals surface area contributed by atoms with Gasteiger partial charge in [-0.1, -0.05) is 73.5 Å². The van der Waals surface area contributed by atoms with Gasteiger partial charge in [-0.3, -0.25) is 9.80 Å². The summed E-state index contributed by atoms with van der Waals surface area (Å²) in [4.78, 5) is 51.0. The minimum atomic E-state index is -0.956. The smallest absolute Gasteiger partial charge is 0.411 e. The molecule has 1 saturated carbocycles. The van der Waals surface area contributed by atoms with E-state index in [9.17, 15) is 29.4 Å². The predicted octanol–water partition coefficient (Wildman–Crippen LogP) is 7.07. The Balaban J connectivity index is 0.000000184. The number of nitrogens with zero attached hydrogens (tertiary/aromatic N) is 2. The second-order valence-electron chi connectivity index (χ2n) is 15.2. The average molecular weight is 659 g/mol. The second-order valence-corrected chi connectivity index (χ2v) is 15.2. The van der Waals surface area contributed by atoms with E-state index >= 15 is 0 Å². The molecule has 5 aliphatic rings. The predicted molar refractivity (Wildman–Crippen MR) is 179 cm³/mol. The number of rotatable bonds is 4. The number of carbonyl (C=O) groups excluding carboxylic acids is 2. The molecule has 2 aromatic carbocycles. The van der Waals surface area contributed by atoms with Gasteiger partial charge in [0.15, 0.2) is 0 Å². The molecule has 2 N–H and O–H groups in total. The SMILES string of the molecule is CC(C)(C)OC(=O)N1CC2(CCCC2)C[C@H]1C(=O)O.O=C(O)[C@@H]1CC2(CC=CC2)CN1C(=O)OCC1c2ccccc2-c2ccccc21. The summed E-state index contributed by atoms with van der Waals surface area (Å²) in [5.41, 5.74) is 3.91. The van der Waals surface area contributed by atoms with Crippen LogP contribution in [0.15, 0.2) is 60.7 Å². The third-order valence-corrected chi connectivity index (χ3v) is 10.7. The Bertz CT molecular complexity index is 1550. The molecule has 256 valence electrons. The zero-order chi connectivity index (χ0) is 34.3. The maximum absolute atomic E-state index is 12.9. The molecule has 2 aliphatic heterocycles. The van der Waals surface area contributed by atoms with Gasteiger partial charge in [0, 0.05) is 19.0 Å². The molecule has 2 spiro atoms. The summed E-state index contributed by atoms with van der Waals surface area (Å²) in [5.74, 6) is -1.91. The summed E-state index contributed by atoms with van der Waals surface area (Å²) in [6.07, 6.45) is 10.2. The van der Waals surface area contributed by atoms with Crippen molar-refractivity contribution in [3.8, 4) is 11.1 Å². The first-order valence-electron chi connectivity index (χ1n) is 17.0. The van der Waals surface area contributed by atoms with Crippen molar-refractivity contribution in [2.45, 2.75) is 95.7 Å². The van der Waals surface area contributed by atoms with E-state index in [1.165, 1.54) is 20.9 Å². The highest BCUT2D eigenvalue weighted by Crippen LogP contribution is 2.49. The van der Waals surface area contributed by atoms with Crippen molar-refractivity contribution < 1.29 is 38.9 Å². The third kappa shape index (κ3) is 6.66. The van der Waals surface area contributed by atoms with Crippen LogP contribution in [0.3, 0.4) is 0 Å². The monoisotopic (exact) mass is 658 g/mol. The zero-order valence-electron chi connectivity index (χ0n) is 28.0. The van der Waals surface area contributed by atoms with E-state index in [1.807, 2.05) is 24.3 Å². The Kier molecular flexibility index (Phi) is 9.04. The van der Waals surface area contributed by atoms with E-state index in [0.29, 0.717) is 25.9 Å². The number of benzene rings is 2. The van der Waals surface area contributed by atoms with Gasteiger partial charge in [0.25, 0.3) is 0 Å². The zero-order valence-corrected chi connectivity index (χ0v) is 28.0. The van der Waals surface area contributed by atoms with Gasteiger partial charge in [-0.2, -0.15) is 0 Å². The summed E-state index contributed by atoms with van der Waals surface area (Å²) < 4.78 is 11.0. The van der Waals surface area contributed by atoms with Crippen molar-refractivity contribution in [3.05, 3.63) is 71.8 Å². The van der Waals surface area contributed by atoms with Crippen LogP contribution in [0.2, 0.25) is 0 Å². The van der Waals surface area contributed by atoms with E-state index in [1.54, 1.807) is 20.8 Å². The van der Waals surface area contributed by atoms with Crippen LogP contribution in [-0.2, 0) is 19.1 Å². The molecule has 0 radical (unpaired) electrons.